The van der Waals surface area contributed by atoms with Crippen molar-refractivity contribution in [2.75, 3.05) is 13.1 Å². The first-order chi connectivity index (χ1) is 8.99. The highest BCUT2D eigenvalue weighted by molar-refractivity contribution is 5.75. The summed E-state index contributed by atoms with van der Waals surface area (Å²) in [5.41, 5.74) is 0. The molecule has 1 aliphatic rings. The molecule has 0 radical (unpaired) electrons. The maximum absolute atomic E-state index is 11.5. The number of hydrogen-bond acceptors (Lipinski definition) is 2. The van der Waals surface area contributed by atoms with Crippen LogP contribution in [0.1, 0.15) is 46.0 Å². The summed E-state index contributed by atoms with van der Waals surface area (Å²) in [5.74, 6) is -0.265. The average Bonchev–Trinajstić information content (AvgIpc) is 2.26. The second kappa shape index (κ2) is 8.02. The molecule has 1 fully saturated rings. The van der Waals surface area contributed by atoms with Crippen LogP contribution in [0.4, 0.5) is 4.79 Å². The van der Waals surface area contributed by atoms with Gasteiger partial charge in [0.05, 0.1) is 5.92 Å². The Morgan fingerprint density at radius 1 is 1.26 bits per heavy atom. The monoisotopic (exact) mass is 270 g/mol. The van der Waals surface area contributed by atoms with Crippen LogP contribution in [0.2, 0.25) is 0 Å². The van der Waals surface area contributed by atoms with Gasteiger partial charge in [-0.25, -0.2) is 4.79 Å². The number of amides is 2. The lowest BCUT2D eigenvalue weighted by Crippen LogP contribution is -2.41. The molecular formula is C14H26N2O3. The number of urea groups is 1. The highest BCUT2D eigenvalue weighted by Gasteiger charge is 2.20. The topological polar surface area (TPSA) is 78.4 Å². The van der Waals surface area contributed by atoms with E-state index in [9.17, 15) is 9.59 Å². The molecule has 19 heavy (non-hydrogen) atoms. The van der Waals surface area contributed by atoms with Crippen LogP contribution in [-0.4, -0.2) is 30.2 Å². The van der Waals surface area contributed by atoms with Gasteiger partial charge in [-0.15, -0.1) is 0 Å². The van der Waals surface area contributed by atoms with E-state index in [-0.39, 0.29) is 12.6 Å². The fourth-order valence-electron chi connectivity index (χ4n) is 2.29. The minimum Gasteiger partial charge on any atom is -0.481 e. The van der Waals surface area contributed by atoms with Crippen molar-refractivity contribution in [3.63, 3.8) is 0 Å². The van der Waals surface area contributed by atoms with Crippen molar-refractivity contribution < 1.29 is 14.7 Å². The van der Waals surface area contributed by atoms with Crippen LogP contribution in [0, 0.1) is 17.8 Å². The quantitative estimate of drug-likeness (QED) is 0.633. The smallest absolute Gasteiger partial charge is 0.314 e. The van der Waals surface area contributed by atoms with E-state index in [1.165, 1.54) is 19.3 Å². The molecule has 5 heteroatoms. The first kappa shape index (κ1) is 15.8. The van der Waals surface area contributed by atoms with E-state index in [4.69, 9.17) is 5.11 Å². The van der Waals surface area contributed by atoms with Crippen LogP contribution in [0.25, 0.3) is 0 Å². The molecule has 0 aromatic carbocycles. The molecule has 1 rings (SSSR count). The normalized spacial score (nSPS) is 16.8. The van der Waals surface area contributed by atoms with Crippen molar-refractivity contribution >= 4 is 12.0 Å². The van der Waals surface area contributed by atoms with Gasteiger partial charge >= 0.3 is 12.0 Å². The Bertz CT molecular complexity index is 301. The first-order valence-corrected chi connectivity index (χ1v) is 7.23. The van der Waals surface area contributed by atoms with Crippen LogP contribution >= 0.6 is 0 Å². The lowest BCUT2D eigenvalue weighted by Gasteiger charge is -2.25. The number of hydrogen-bond donors (Lipinski definition) is 3. The van der Waals surface area contributed by atoms with Gasteiger partial charge < -0.3 is 15.7 Å². The molecule has 2 amide bonds. The van der Waals surface area contributed by atoms with E-state index < -0.39 is 11.9 Å². The Labute approximate surface area is 115 Å². The summed E-state index contributed by atoms with van der Waals surface area (Å²) in [6.45, 7) is 4.84. The predicted octanol–water partition coefficient (Wildman–Crippen LogP) is 2.22. The van der Waals surface area contributed by atoms with Crippen molar-refractivity contribution in [3.8, 4) is 0 Å². The molecule has 1 unspecified atom stereocenters. The van der Waals surface area contributed by atoms with E-state index in [2.05, 4.69) is 10.6 Å². The fraction of sp³-hybridized carbons (Fsp3) is 0.857. The third kappa shape index (κ3) is 6.45. The van der Waals surface area contributed by atoms with Crippen LogP contribution < -0.4 is 10.6 Å². The van der Waals surface area contributed by atoms with Gasteiger partial charge in [0.25, 0.3) is 0 Å². The first-order valence-electron chi connectivity index (χ1n) is 7.23. The Morgan fingerprint density at radius 3 is 2.42 bits per heavy atom. The molecule has 1 atom stereocenters. The van der Waals surface area contributed by atoms with E-state index >= 15 is 0 Å². The van der Waals surface area contributed by atoms with Crippen LogP contribution in [0.3, 0.4) is 0 Å². The van der Waals surface area contributed by atoms with Gasteiger partial charge in [-0.1, -0.05) is 33.1 Å². The molecule has 0 saturated heterocycles. The molecule has 1 saturated carbocycles. The van der Waals surface area contributed by atoms with E-state index in [1.807, 2.05) is 13.8 Å². The van der Waals surface area contributed by atoms with E-state index in [0.717, 1.165) is 12.3 Å². The molecule has 5 nitrogen and oxygen atoms in total. The molecule has 110 valence electrons. The zero-order valence-electron chi connectivity index (χ0n) is 11.9. The minimum absolute atomic E-state index is 0.197. The van der Waals surface area contributed by atoms with Gasteiger partial charge in [-0.3, -0.25) is 4.79 Å². The second-order valence-corrected chi connectivity index (χ2v) is 5.89. The third-order valence-electron chi connectivity index (χ3n) is 3.68. The summed E-state index contributed by atoms with van der Waals surface area (Å²) in [6.07, 6.45) is 5.48. The summed E-state index contributed by atoms with van der Waals surface area (Å²) in [6, 6.07) is -0.255. The van der Waals surface area contributed by atoms with Crippen LogP contribution in [0.15, 0.2) is 0 Å². The fourth-order valence-corrected chi connectivity index (χ4v) is 2.29. The Morgan fingerprint density at radius 2 is 1.95 bits per heavy atom. The van der Waals surface area contributed by atoms with E-state index in [1.54, 1.807) is 0 Å². The van der Waals surface area contributed by atoms with Crippen molar-refractivity contribution in [2.24, 2.45) is 17.8 Å². The van der Waals surface area contributed by atoms with Gasteiger partial charge in [-0.2, -0.15) is 0 Å². The standard InChI is InChI=1S/C14H26N2O3/c1-10(2)8-12(13(17)18)9-16-14(19)15-7-6-11-4-3-5-11/h10-12H,3-9H2,1-2H3,(H,17,18)(H2,15,16,19). The molecule has 0 heterocycles. The lowest BCUT2D eigenvalue weighted by molar-refractivity contribution is -0.142. The predicted molar refractivity (Wildman–Crippen MR) is 73.9 cm³/mol. The number of rotatable bonds is 8. The summed E-state index contributed by atoms with van der Waals surface area (Å²) in [4.78, 5) is 22.6. The van der Waals surface area contributed by atoms with Gasteiger partial charge in [-0.05, 0) is 24.7 Å². The lowest BCUT2D eigenvalue weighted by atomic mass is 9.83. The van der Waals surface area contributed by atoms with Crippen LogP contribution in [-0.2, 0) is 4.79 Å². The van der Waals surface area contributed by atoms with Crippen molar-refractivity contribution in [1.82, 2.24) is 10.6 Å². The molecule has 0 aromatic rings. The highest BCUT2D eigenvalue weighted by Crippen LogP contribution is 2.28. The van der Waals surface area contributed by atoms with Crippen molar-refractivity contribution in [2.45, 2.75) is 46.0 Å². The Kier molecular flexibility index (Phi) is 6.67. The number of carboxylic acid groups (broad SMARTS) is 1. The van der Waals surface area contributed by atoms with Crippen molar-refractivity contribution in [3.05, 3.63) is 0 Å². The number of carboxylic acids is 1. The zero-order chi connectivity index (χ0) is 14.3. The third-order valence-corrected chi connectivity index (χ3v) is 3.68. The molecule has 0 spiro atoms. The maximum Gasteiger partial charge on any atom is 0.314 e. The van der Waals surface area contributed by atoms with Gasteiger partial charge in [0.1, 0.15) is 0 Å². The SMILES string of the molecule is CC(C)CC(CNC(=O)NCCC1CCC1)C(=O)O. The largest absolute Gasteiger partial charge is 0.481 e. The molecule has 1 aliphatic carbocycles. The number of nitrogens with one attached hydrogen (secondary N) is 2. The van der Waals surface area contributed by atoms with Gasteiger partial charge in [0, 0.05) is 13.1 Å². The number of aliphatic carboxylic acids is 1. The van der Waals surface area contributed by atoms with Gasteiger partial charge in [0.15, 0.2) is 0 Å². The molecular weight excluding hydrogens is 244 g/mol. The molecule has 0 aromatic heterocycles. The zero-order valence-corrected chi connectivity index (χ0v) is 11.9. The summed E-state index contributed by atoms with van der Waals surface area (Å²) in [5, 5.41) is 14.5. The molecule has 0 bridgehead atoms. The van der Waals surface area contributed by atoms with Crippen molar-refractivity contribution in [1.29, 1.82) is 0 Å². The van der Waals surface area contributed by atoms with Gasteiger partial charge in [0.2, 0.25) is 0 Å². The summed E-state index contributed by atoms with van der Waals surface area (Å²) >= 11 is 0. The Hall–Kier alpha value is -1.26. The summed E-state index contributed by atoms with van der Waals surface area (Å²) in [7, 11) is 0. The van der Waals surface area contributed by atoms with E-state index in [0.29, 0.717) is 18.9 Å². The minimum atomic E-state index is -0.844. The second-order valence-electron chi connectivity index (χ2n) is 5.89. The molecule has 0 aliphatic heterocycles. The summed E-state index contributed by atoms with van der Waals surface area (Å²) < 4.78 is 0. The highest BCUT2D eigenvalue weighted by atomic mass is 16.4. The van der Waals surface area contributed by atoms with Crippen LogP contribution in [0.5, 0.6) is 0 Å². The Balaban J connectivity index is 2.13. The molecule has 3 N–H and O–H groups in total. The maximum atomic E-state index is 11.5. The number of carbonyl (C=O) groups excluding carboxylic acids is 1. The number of carbonyl (C=O) groups is 2. The average molecular weight is 270 g/mol.